The van der Waals surface area contributed by atoms with Crippen molar-refractivity contribution >= 4 is 27.5 Å². The van der Waals surface area contributed by atoms with E-state index in [2.05, 4.69) is 27.1 Å². The van der Waals surface area contributed by atoms with Crippen molar-refractivity contribution in [2.75, 3.05) is 6.61 Å². The Morgan fingerprint density at radius 3 is 3.00 bits per heavy atom. The summed E-state index contributed by atoms with van der Waals surface area (Å²) in [5.74, 6) is 0. The molecule has 0 unspecified atom stereocenters. The summed E-state index contributed by atoms with van der Waals surface area (Å²) in [5, 5.41) is 5.26. The van der Waals surface area contributed by atoms with Crippen LogP contribution in [0.4, 0.5) is 0 Å². The van der Waals surface area contributed by atoms with E-state index in [1.54, 1.807) is 0 Å². The van der Waals surface area contributed by atoms with Gasteiger partial charge in [0.25, 0.3) is 0 Å². The van der Waals surface area contributed by atoms with Gasteiger partial charge in [0.1, 0.15) is 5.15 Å². The van der Waals surface area contributed by atoms with E-state index in [0.29, 0.717) is 11.8 Å². The molecule has 0 atom stereocenters. The Morgan fingerprint density at radius 2 is 2.28 bits per heavy atom. The van der Waals surface area contributed by atoms with Gasteiger partial charge in [0.15, 0.2) is 0 Å². The molecule has 5 heteroatoms. The average Bonchev–Trinajstić information content (AvgIpc) is 2.68. The predicted molar refractivity (Wildman–Crippen MR) is 74.4 cm³/mol. The van der Waals surface area contributed by atoms with Gasteiger partial charge in [0.05, 0.1) is 24.6 Å². The number of rotatable bonds is 1. The molecule has 18 heavy (non-hydrogen) atoms. The van der Waals surface area contributed by atoms with Crippen molar-refractivity contribution in [3.05, 3.63) is 44.6 Å². The molecule has 2 aromatic rings. The summed E-state index contributed by atoms with van der Waals surface area (Å²) >= 11 is 9.86. The smallest absolute Gasteiger partial charge is 0.138 e. The minimum absolute atomic E-state index is 0.559. The highest BCUT2D eigenvalue weighted by atomic mass is 79.9. The van der Waals surface area contributed by atoms with Crippen molar-refractivity contribution in [1.82, 2.24) is 9.78 Å². The molecule has 0 fully saturated rings. The molecule has 0 radical (unpaired) electrons. The first-order valence-corrected chi connectivity index (χ1v) is 6.94. The molecule has 0 bridgehead atoms. The van der Waals surface area contributed by atoms with Gasteiger partial charge in [-0.1, -0.05) is 27.5 Å². The number of fused-ring (bicyclic) bond motifs is 1. The summed E-state index contributed by atoms with van der Waals surface area (Å²) < 4.78 is 8.29. The number of nitrogens with zero attached hydrogens (tertiary/aromatic N) is 2. The molecule has 1 aliphatic rings. The van der Waals surface area contributed by atoms with Crippen molar-refractivity contribution in [2.45, 2.75) is 20.0 Å². The van der Waals surface area contributed by atoms with Crippen LogP contribution in [0.15, 0.2) is 22.7 Å². The van der Waals surface area contributed by atoms with Crippen molar-refractivity contribution < 1.29 is 4.74 Å². The topological polar surface area (TPSA) is 27.1 Å². The van der Waals surface area contributed by atoms with Crippen molar-refractivity contribution in [3.63, 3.8) is 0 Å². The lowest BCUT2D eigenvalue weighted by molar-refractivity contribution is 0.110. The molecule has 3 rings (SSSR count). The molecular weight excluding hydrogens is 316 g/mol. The number of ether oxygens (including phenoxy) is 1. The van der Waals surface area contributed by atoms with Crippen LogP contribution in [0.3, 0.4) is 0 Å². The quantitative estimate of drug-likeness (QED) is 0.799. The molecule has 0 aliphatic carbocycles. The largest absolute Gasteiger partial charge is 0.376 e. The SMILES string of the molecule is Cc1cc(Br)ccc1-n1nc2c(c1Cl)COCC2. The van der Waals surface area contributed by atoms with Gasteiger partial charge in [-0.05, 0) is 30.7 Å². The van der Waals surface area contributed by atoms with E-state index in [1.165, 1.54) is 0 Å². The minimum Gasteiger partial charge on any atom is -0.376 e. The normalized spacial score (nSPS) is 14.6. The maximum atomic E-state index is 6.40. The third-order valence-corrected chi connectivity index (χ3v) is 4.00. The highest BCUT2D eigenvalue weighted by Crippen LogP contribution is 2.29. The van der Waals surface area contributed by atoms with E-state index >= 15 is 0 Å². The van der Waals surface area contributed by atoms with E-state index in [0.717, 1.165) is 40.0 Å². The van der Waals surface area contributed by atoms with Crippen molar-refractivity contribution in [3.8, 4) is 5.69 Å². The van der Waals surface area contributed by atoms with Crippen LogP contribution in [0.5, 0.6) is 0 Å². The fourth-order valence-electron chi connectivity index (χ4n) is 2.17. The summed E-state index contributed by atoms with van der Waals surface area (Å²) in [6, 6.07) is 6.07. The Morgan fingerprint density at radius 1 is 1.44 bits per heavy atom. The number of hydrogen-bond acceptors (Lipinski definition) is 2. The standard InChI is InChI=1S/C13H12BrClN2O/c1-8-6-9(14)2-3-12(8)17-13(15)10-7-18-5-4-11(10)16-17/h2-3,6H,4-5,7H2,1H3. The lowest BCUT2D eigenvalue weighted by atomic mass is 10.2. The molecule has 0 saturated carbocycles. The molecule has 1 aromatic heterocycles. The summed E-state index contributed by atoms with van der Waals surface area (Å²) in [6.07, 6.45) is 0.831. The maximum absolute atomic E-state index is 6.40. The molecule has 0 saturated heterocycles. The Hall–Kier alpha value is -0.840. The number of benzene rings is 1. The van der Waals surface area contributed by atoms with Gasteiger partial charge in [-0.15, -0.1) is 0 Å². The Labute approximate surface area is 119 Å². The number of aryl methyl sites for hydroxylation is 1. The van der Waals surface area contributed by atoms with E-state index in [1.807, 2.05) is 23.7 Å². The first-order valence-electron chi connectivity index (χ1n) is 5.77. The van der Waals surface area contributed by atoms with E-state index < -0.39 is 0 Å². The van der Waals surface area contributed by atoms with E-state index in [-0.39, 0.29) is 0 Å². The van der Waals surface area contributed by atoms with Gasteiger partial charge in [-0.3, -0.25) is 0 Å². The lowest BCUT2D eigenvalue weighted by Gasteiger charge is -2.09. The summed E-state index contributed by atoms with van der Waals surface area (Å²) in [7, 11) is 0. The highest BCUT2D eigenvalue weighted by Gasteiger charge is 2.21. The van der Waals surface area contributed by atoms with Crippen LogP contribution in [0, 0.1) is 6.92 Å². The van der Waals surface area contributed by atoms with E-state index in [9.17, 15) is 0 Å². The molecule has 2 heterocycles. The molecule has 1 aromatic carbocycles. The van der Waals surface area contributed by atoms with Crippen LogP contribution in [0.25, 0.3) is 5.69 Å². The first-order chi connectivity index (χ1) is 8.66. The van der Waals surface area contributed by atoms with Gasteiger partial charge in [-0.2, -0.15) is 5.10 Å². The Balaban J connectivity index is 2.14. The van der Waals surface area contributed by atoms with Crippen molar-refractivity contribution in [2.24, 2.45) is 0 Å². The van der Waals surface area contributed by atoms with Gasteiger partial charge < -0.3 is 4.74 Å². The second-order valence-corrected chi connectivity index (χ2v) is 5.63. The summed E-state index contributed by atoms with van der Waals surface area (Å²) in [4.78, 5) is 0. The first kappa shape index (κ1) is 12.2. The van der Waals surface area contributed by atoms with Crippen LogP contribution in [-0.2, 0) is 17.8 Å². The molecule has 3 nitrogen and oxygen atoms in total. The molecule has 94 valence electrons. The Kier molecular flexibility index (Phi) is 3.18. The van der Waals surface area contributed by atoms with Crippen LogP contribution in [0.2, 0.25) is 5.15 Å². The monoisotopic (exact) mass is 326 g/mol. The van der Waals surface area contributed by atoms with Gasteiger partial charge in [-0.25, -0.2) is 4.68 Å². The average molecular weight is 328 g/mol. The molecule has 0 spiro atoms. The van der Waals surface area contributed by atoms with Crippen LogP contribution >= 0.6 is 27.5 Å². The zero-order valence-electron chi connectivity index (χ0n) is 9.91. The lowest BCUT2D eigenvalue weighted by Crippen LogP contribution is -2.08. The summed E-state index contributed by atoms with van der Waals surface area (Å²) in [5.41, 5.74) is 4.21. The third-order valence-electron chi connectivity index (χ3n) is 3.12. The maximum Gasteiger partial charge on any atom is 0.138 e. The molecule has 0 N–H and O–H groups in total. The zero-order chi connectivity index (χ0) is 12.7. The minimum atomic E-state index is 0.559. The second-order valence-electron chi connectivity index (χ2n) is 4.36. The number of hydrogen-bond donors (Lipinski definition) is 0. The van der Waals surface area contributed by atoms with Crippen LogP contribution in [-0.4, -0.2) is 16.4 Å². The van der Waals surface area contributed by atoms with Gasteiger partial charge in [0.2, 0.25) is 0 Å². The number of halogens is 2. The second kappa shape index (κ2) is 4.68. The molecule has 0 amide bonds. The number of aromatic nitrogens is 2. The highest BCUT2D eigenvalue weighted by molar-refractivity contribution is 9.10. The molecule has 1 aliphatic heterocycles. The fourth-order valence-corrected chi connectivity index (χ4v) is 2.94. The van der Waals surface area contributed by atoms with Gasteiger partial charge in [0, 0.05) is 16.5 Å². The third kappa shape index (κ3) is 1.98. The predicted octanol–water partition coefficient (Wildman–Crippen LogP) is 3.67. The zero-order valence-corrected chi connectivity index (χ0v) is 12.3. The fraction of sp³-hybridized carbons (Fsp3) is 0.308. The van der Waals surface area contributed by atoms with Gasteiger partial charge >= 0.3 is 0 Å². The van der Waals surface area contributed by atoms with Crippen LogP contribution < -0.4 is 0 Å². The van der Waals surface area contributed by atoms with E-state index in [4.69, 9.17) is 16.3 Å². The Bertz CT molecular complexity index is 609. The van der Waals surface area contributed by atoms with Crippen LogP contribution in [0.1, 0.15) is 16.8 Å². The summed E-state index contributed by atoms with van der Waals surface area (Å²) in [6.45, 7) is 3.33. The molecular formula is C13H12BrClN2O. The van der Waals surface area contributed by atoms with Crippen molar-refractivity contribution in [1.29, 1.82) is 0 Å².